The van der Waals surface area contributed by atoms with Gasteiger partial charge in [0.05, 0.1) is 5.75 Å². The Morgan fingerprint density at radius 2 is 2.20 bits per heavy atom. The Bertz CT molecular complexity index is 451. The van der Waals surface area contributed by atoms with Gasteiger partial charge in [-0.2, -0.15) is 11.8 Å². The van der Waals surface area contributed by atoms with Crippen LogP contribution < -0.4 is 10.1 Å². The maximum absolute atomic E-state index is 11.6. The quantitative estimate of drug-likeness (QED) is 0.681. The molecule has 0 saturated carbocycles. The van der Waals surface area contributed by atoms with Gasteiger partial charge in [-0.1, -0.05) is 19.1 Å². The second-order valence-electron chi connectivity index (χ2n) is 4.16. The molecule has 0 aliphatic rings. The van der Waals surface area contributed by atoms with Crippen molar-refractivity contribution in [1.29, 1.82) is 0 Å². The van der Waals surface area contributed by atoms with Gasteiger partial charge < -0.3 is 15.2 Å². The third kappa shape index (κ3) is 7.04. The van der Waals surface area contributed by atoms with Crippen molar-refractivity contribution in [2.24, 2.45) is 0 Å². The highest BCUT2D eigenvalue weighted by atomic mass is 32.2. The number of rotatable bonds is 9. The van der Waals surface area contributed by atoms with Gasteiger partial charge in [0.2, 0.25) is 5.91 Å². The summed E-state index contributed by atoms with van der Waals surface area (Å²) < 4.78 is 5.08. The summed E-state index contributed by atoms with van der Waals surface area (Å²) in [4.78, 5) is 22.0. The lowest BCUT2D eigenvalue weighted by Gasteiger charge is -2.07. The van der Waals surface area contributed by atoms with Crippen LogP contribution in [0.2, 0.25) is 0 Å². The minimum Gasteiger partial charge on any atom is -0.482 e. The molecule has 0 fully saturated rings. The fourth-order valence-electron chi connectivity index (χ4n) is 1.45. The maximum atomic E-state index is 11.6. The first kappa shape index (κ1) is 16.4. The topological polar surface area (TPSA) is 75.6 Å². The van der Waals surface area contributed by atoms with Crippen molar-refractivity contribution in [1.82, 2.24) is 5.32 Å². The Kier molecular flexibility index (Phi) is 7.57. The molecule has 0 aliphatic carbocycles. The minimum atomic E-state index is -1.02. The Labute approximate surface area is 122 Å². The molecule has 0 spiro atoms. The molecule has 110 valence electrons. The molecule has 5 nitrogen and oxygen atoms in total. The average Bonchev–Trinajstić information content (AvgIpc) is 2.44. The molecule has 1 aromatic rings. The molecule has 1 rings (SSSR count). The van der Waals surface area contributed by atoms with E-state index >= 15 is 0 Å². The molecule has 0 aromatic heterocycles. The molecule has 0 radical (unpaired) electrons. The van der Waals surface area contributed by atoms with Crippen molar-refractivity contribution in [2.45, 2.75) is 19.9 Å². The number of amides is 1. The average molecular weight is 297 g/mol. The van der Waals surface area contributed by atoms with E-state index in [1.165, 1.54) is 0 Å². The number of hydrogen-bond acceptors (Lipinski definition) is 4. The van der Waals surface area contributed by atoms with Crippen LogP contribution in [0.1, 0.15) is 18.9 Å². The predicted molar refractivity (Wildman–Crippen MR) is 79.0 cm³/mol. The van der Waals surface area contributed by atoms with Crippen molar-refractivity contribution in [2.75, 3.05) is 18.1 Å². The van der Waals surface area contributed by atoms with Gasteiger partial charge in [0, 0.05) is 6.54 Å². The summed E-state index contributed by atoms with van der Waals surface area (Å²) in [7, 11) is 0. The number of carbonyl (C=O) groups is 2. The Morgan fingerprint density at radius 3 is 2.90 bits per heavy atom. The van der Waals surface area contributed by atoms with Gasteiger partial charge in [0.15, 0.2) is 6.61 Å². The molecule has 1 aromatic carbocycles. The van der Waals surface area contributed by atoms with Crippen LogP contribution in [0.25, 0.3) is 0 Å². The van der Waals surface area contributed by atoms with Crippen LogP contribution >= 0.6 is 11.8 Å². The molecule has 0 unspecified atom stereocenters. The van der Waals surface area contributed by atoms with E-state index in [1.54, 1.807) is 30.0 Å². The van der Waals surface area contributed by atoms with Crippen LogP contribution in [-0.2, 0) is 16.1 Å². The van der Waals surface area contributed by atoms with Gasteiger partial charge in [-0.25, -0.2) is 4.79 Å². The second-order valence-corrected chi connectivity index (χ2v) is 5.26. The third-order valence-corrected chi connectivity index (χ3v) is 3.50. The predicted octanol–water partition coefficient (Wildman–Crippen LogP) is 1.91. The fraction of sp³-hybridized carbons (Fsp3) is 0.429. The molecule has 0 heterocycles. The standard InChI is InChI=1S/C14H19NO4S/c1-2-6-20-10-13(16)15-8-11-4-3-5-12(7-11)19-9-14(17)18/h3-5,7H,2,6,8-10H2,1H3,(H,15,16)(H,17,18). The van der Waals surface area contributed by atoms with E-state index in [2.05, 4.69) is 12.2 Å². The monoisotopic (exact) mass is 297 g/mol. The Hall–Kier alpha value is -1.69. The van der Waals surface area contributed by atoms with E-state index in [0.29, 0.717) is 18.0 Å². The van der Waals surface area contributed by atoms with Crippen LogP contribution in [0.15, 0.2) is 24.3 Å². The molecule has 2 N–H and O–H groups in total. The molecule has 0 aliphatic heterocycles. The zero-order chi connectivity index (χ0) is 14.8. The zero-order valence-electron chi connectivity index (χ0n) is 11.4. The molecule has 20 heavy (non-hydrogen) atoms. The van der Waals surface area contributed by atoms with Crippen molar-refractivity contribution in [3.05, 3.63) is 29.8 Å². The molecule has 1 amide bonds. The smallest absolute Gasteiger partial charge is 0.341 e. The van der Waals surface area contributed by atoms with Crippen molar-refractivity contribution >= 4 is 23.6 Å². The molecule has 0 bridgehead atoms. The van der Waals surface area contributed by atoms with Crippen LogP contribution in [0.4, 0.5) is 0 Å². The lowest BCUT2D eigenvalue weighted by Crippen LogP contribution is -2.24. The first-order valence-electron chi connectivity index (χ1n) is 6.39. The lowest BCUT2D eigenvalue weighted by molar-refractivity contribution is -0.139. The number of benzene rings is 1. The van der Waals surface area contributed by atoms with Gasteiger partial charge in [-0.15, -0.1) is 0 Å². The van der Waals surface area contributed by atoms with E-state index in [0.717, 1.165) is 17.7 Å². The first-order valence-corrected chi connectivity index (χ1v) is 7.55. The van der Waals surface area contributed by atoms with E-state index in [4.69, 9.17) is 9.84 Å². The SMILES string of the molecule is CCCSCC(=O)NCc1cccc(OCC(=O)O)c1. The number of carboxylic acids is 1. The summed E-state index contributed by atoms with van der Waals surface area (Å²) in [5.74, 6) is 0.908. The fourth-order valence-corrected chi connectivity index (χ4v) is 2.17. The summed E-state index contributed by atoms with van der Waals surface area (Å²) in [6.45, 7) is 2.12. The lowest BCUT2D eigenvalue weighted by atomic mass is 10.2. The Balaban J connectivity index is 2.38. The summed E-state index contributed by atoms with van der Waals surface area (Å²) in [6.07, 6.45) is 1.06. The highest BCUT2D eigenvalue weighted by Gasteiger charge is 2.03. The number of hydrogen-bond donors (Lipinski definition) is 2. The maximum Gasteiger partial charge on any atom is 0.341 e. The highest BCUT2D eigenvalue weighted by Crippen LogP contribution is 2.13. The number of carbonyl (C=O) groups excluding carboxylic acids is 1. The summed E-state index contributed by atoms with van der Waals surface area (Å²) in [5, 5.41) is 11.4. The largest absolute Gasteiger partial charge is 0.482 e. The highest BCUT2D eigenvalue weighted by molar-refractivity contribution is 7.99. The van der Waals surface area contributed by atoms with E-state index in [9.17, 15) is 9.59 Å². The van der Waals surface area contributed by atoms with Crippen molar-refractivity contribution in [3.8, 4) is 5.75 Å². The Morgan fingerprint density at radius 1 is 1.40 bits per heavy atom. The van der Waals surface area contributed by atoms with Gasteiger partial charge in [0.25, 0.3) is 0 Å². The van der Waals surface area contributed by atoms with Gasteiger partial charge in [-0.3, -0.25) is 4.79 Å². The number of nitrogens with one attached hydrogen (secondary N) is 1. The number of carboxylic acid groups (broad SMARTS) is 1. The molecular formula is C14H19NO4S. The number of ether oxygens (including phenoxy) is 1. The second kappa shape index (κ2) is 9.25. The van der Waals surface area contributed by atoms with Crippen molar-refractivity contribution in [3.63, 3.8) is 0 Å². The third-order valence-electron chi connectivity index (χ3n) is 2.33. The minimum absolute atomic E-state index is 0.000285. The molecular weight excluding hydrogens is 278 g/mol. The normalized spacial score (nSPS) is 10.1. The number of thioether (sulfide) groups is 1. The van der Waals surface area contributed by atoms with E-state index in [1.807, 2.05) is 6.07 Å². The van der Waals surface area contributed by atoms with Gasteiger partial charge >= 0.3 is 5.97 Å². The van der Waals surface area contributed by atoms with Crippen LogP contribution in [-0.4, -0.2) is 35.1 Å². The number of aliphatic carboxylic acids is 1. The van der Waals surface area contributed by atoms with Gasteiger partial charge in [-0.05, 0) is 29.9 Å². The van der Waals surface area contributed by atoms with Crippen molar-refractivity contribution < 1.29 is 19.4 Å². The summed E-state index contributed by atoms with van der Waals surface area (Å²) >= 11 is 1.61. The van der Waals surface area contributed by atoms with E-state index in [-0.39, 0.29) is 12.5 Å². The molecule has 0 atom stereocenters. The van der Waals surface area contributed by atoms with Crippen LogP contribution in [0.3, 0.4) is 0 Å². The van der Waals surface area contributed by atoms with Gasteiger partial charge in [0.1, 0.15) is 5.75 Å². The molecule has 6 heteroatoms. The summed E-state index contributed by atoms with van der Waals surface area (Å²) in [5.41, 5.74) is 0.877. The van der Waals surface area contributed by atoms with Crippen LogP contribution in [0, 0.1) is 0 Å². The summed E-state index contributed by atoms with van der Waals surface area (Å²) in [6, 6.07) is 7.03. The van der Waals surface area contributed by atoms with Crippen LogP contribution in [0.5, 0.6) is 5.75 Å². The first-order chi connectivity index (χ1) is 9.61. The zero-order valence-corrected chi connectivity index (χ0v) is 12.2. The van der Waals surface area contributed by atoms with E-state index < -0.39 is 5.97 Å². The molecule has 0 saturated heterocycles.